The van der Waals surface area contributed by atoms with Gasteiger partial charge < -0.3 is 14.2 Å². The Kier molecular flexibility index (Phi) is 5.74. The van der Waals surface area contributed by atoms with Crippen molar-refractivity contribution in [2.75, 3.05) is 0 Å². The average molecular weight is 338 g/mol. The molecule has 0 N–H and O–H groups in total. The standard InChI is InChI=1S/C19H30O5/c1-11(2)16-15(22-13(4)20)10-12(3)8-7-9-19(6)18(24-19)17(16)23-14(5)21/h8,11,15-18H,7,9-10H2,1-6H3/b12-8+/t15-,16-,17+,18-,19+/m0/s1. The van der Waals surface area contributed by atoms with Gasteiger partial charge in [0.05, 0.1) is 5.60 Å². The minimum Gasteiger partial charge on any atom is -0.462 e. The SMILES string of the molecule is CC(=O)O[C@@H]1[C@@H](C(C)C)[C@@H](OC(C)=O)C/C(C)=C/CC[C@@]2(C)O[C@@H]12. The minimum absolute atomic E-state index is 0.105. The first kappa shape index (κ1) is 19.0. The fourth-order valence-corrected chi connectivity index (χ4v) is 3.90. The molecule has 0 aromatic heterocycles. The smallest absolute Gasteiger partial charge is 0.303 e. The second kappa shape index (κ2) is 7.26. The lowest BCUT2D eigenvalue weighted by Gasteiger charge is -2.36. The van der Waals surface area contributed by atoms with Crippen molar-refractivity contribution in [2.45, 2.75) is 84.7 Å². The molecule has 0 bridgehead atoms. The summed E-state index contributed by atoms with van der Waals surface area (Å²) >= 11 is 0. The van der Waals surface area contributed by atoms with Crippen molar-refractivity contribution in [1.29, 1.82) is 0 Å². The zero-order valence-corrected chi connectivity index (χ0v) is 15.6. The van der Waals surface area contributed by atoms with E-state index < -0.39 is 6.10 Å². The largest absolute Gasteiger partial charge is 0.462 e. The number of carbonyl (C=O) groups excluding carboxylic acids is 2. The number of rotatable bonds is 3. The summed E-state index contributed by atoms with van der Waals surface area (Å²) in [4.78, 5) is 23.3. The fraction of sp³-hybridized carbons (Fsp3) is 0.789. The van der Waals surface area contributed by atoms with Gasteiger partial charge in [0.25, 0.3) is 0 Å². The van der Waals surface area contributed by atoms with E-state index in [2.05, 4.69) is 33.8 Å². The topological polar surface area (TPSA) is 65.1 Å². The first-order valence-electron chi connectivity index (χ1n) is 8.82. The molecule has 1 fully saturated rings. The summed E-state index contributed by atoms with van der Waals surface area (Å²) in [6, 6.07) is 0. The quantitative estimate of drug-likeness (QED) is 0.448. The van der Waals surface area contributed by atoms with E-state index in [0.717, 1.165) is 12.8 Å². The molecule has 136 valence electrons. The van der Waals surface area contributed by atoms with Crippen LogP contribution in [0.25, 0.3) is 0 Å². The van der Waals surface area contributed by atoms with Gasteiger partial charge in [-0.1, -0.05) is 25.5 Å². The number of hydrogen-bond donors (Lipinski definition) is 0. The van der Waals surface area contributed by atoms with Crippen molar-refractivity contribution < 1.29 is 23.8 Å². The molecule has 5 nitrogen and oxygen atoms in total. The monoisotopic (exact) mass is 338 g/mol. The third kappa shape index (κ3) is 4.38. The summed E-state index contributed by atoms with van der Waals surface area (Å²) in [6.07, 6.45) is 3.80. The molecule has 0 unspecified atom stereocenters. The van der Waals surface area contributed by atoms with Gasteiger partial charge in [0.2, 0.25) is 0 Å². The molecule has 0 saturated carbocycles. The Balaban J connectivity index is 2.40. The van der Waals surface area contributed by atoms with Crippen molar-refractivity contribution in [1.82, 2.24) is 0 Å². The highest BCUT2D eigenvalue weighted by atomic mass is 16.6. The third-order valence-corrected chi connectivity index (χ3v) is 5.09. The predicted molar refractivity (Wildman–Crippen MR) is 90.3 cm³/mol. The highest BCUT2D eigenvalue weighted by molar-refractivity contribution is 5.67. The minimum atomic E-state index is -0.400. The zero-order valence-electron chi connectivity index (χ0n) is 15.6. The summed E-state index contributed by atoms with van der Waals surface area (Å²) in [5.74, 6) is -0.559. The maximum atomic E-state index is 11.7. The summed E-state index contributed by atoms with van der Waals surface area (Å²) in [7, 11) is 0. The van der Waals surface area contributed by atoms with Gasteiger partial charge in [-0.3, -0.25) is 9.59 Å². The maximum Gasteiger partial charge on any atom is 0.303 e. The molecule has 1 aliphatic heterocycles. The summed E-state index contributed by atoms with van der Waals surface area (Å²) in [6.45, 7) is 11.1. The van der Waals surface area contributed by atoms with Crippen LogP contribution in [0, 0.1) is 11.8 Å². The van der Waals surface area contributed by atoms with Gasteiger partial charge in [-0.05, 0) is 32.6 Å². The van der Waals surface area contributed by atoms with Crippen LogP contribution in [0.2, 0.25) is 0 Å². The van der Waals surface area contributed by atoms with Gasteiger partial charge in [-0.25, -0.2) is 0 Å². The van der Waals surface area contributed by atoms with Gasteiger partial charge in [0.15, 0.2) is 0 Å². The summed E-state index contributed by atoms with van der Waals surface area (Å²) < 4.78 is 17.3. The molecule has 0 amide bonds. The summed E-state index contributed by atoms with van der Waals surface area (Å²) in [5.41, 5.74) is 0.915. The molecule has 5 atom stereocenters. The van der Waals surface area contributed by atoms with Gasteiger partial charge in [-0.15, -0.1) is 0 Å². The van der Waals surface area contributed by atoms with Crippen LogP contribution in [0.15, 0.2) is 11.6 Å². The molecule has 1 aliphatic carbocycles. The summed E-state index contributed by atoms with van der Waals surface area (Å²) in [5, 5.41) is 0. The molecular weight excluding hydrogens is 308 g/mol. The molecule has 1 saturated heterocycles. The van der Waals surface area contributed by atoms with E-state index in [1.165, 1.54) is 19.4 Å². The third-order valence-electron chi connectivity index (χ3n) is 5.09. The molecule has 0 radical (unpaired) electrons. The van der Waals surface area contributed by atoms with Crippen molar-refractivity contribution in [3.8, 4) is 0 Å². The number of esters is 2. The Labute approximate surface area is 144 Å². The molecule has 0 aromatic rings. The van der Waals surface area contributed by atoms with Crippen molar-refractivity contribution in [3.63, 3.8) is 0 Å². The van der Waals surface area contributed by atoms with Crippen LogP contribution >= 0.6 is 0 Å². The second-order valence-electron chi connectivity index (χ2n) is 7.69. The van der Waals surface area contributed by atoms with E-state index in [0.29, 0.717) is 6.42 Å². The Morgan fingerprint density at radius 1 is 1.25 bits per heavy atom. The van der Waals surface area contributed by atoms with Gasteiger partial charge in [-0.2, -0.15) is 0 Å². The van der Waals surface area contributed by atoms with Crippen LogP contribution in [0.1, 0.15) is 60.8 Å². The van der Waals surface area contributed by atoms with E-state index in [4.69, 9.17) is 14.2 Å². The normalized spacial score (nSPS) is 38.5. The number of ether oxygens (including phenoxy) is 3. The number of allylic oxidation sites excluding steroid dienone is 1. The first-order chi connectivity index (χ1) is 11.1. The Bertz CT molecular complexity index is 524. The van der Waals surface area contributed by atoms with Crippen LogP contribution < -0.4 is 0 Å². The second-order valence-corrected chi connectivity index (χ2v) is 7.69. The van der Waals surface area contributed by atoms with Gasteiger partial charge in [0.1, 0.15) is 18.3 Å². The van der Waals surface area contributed by atoms with Gasteiger partial charge in [0, 0.05) is 26.2 Å². The van der Waals surface area contributed by atoms with E-state index in [1.54, 1.807) is 0 Å². The van der Waals surface area contributed by atoms with Crippen molar-refractivity contribution >= 4 is 11.9 Å². The maximum absolute atomic E-state index is 11.7. The van der Waals surface area contributed by atoms with Crippen LogP contribution in [0.5, 0.6) is 0 Å². The van der Waals surface area contributed by atoms with E-state index in [9.17, 15) is 9.59 Å². The number of hydrogen-bond acceptors (Lipinski definition) is 5. The first-order valence-corrected chi connectivity index (χ1v) is 8.82. The van der Waals surface area contributed by atoms with Crippen LogP contribution in [0.3, 0.4) is 0 Å². The lowest BCUT2D eigenvalue weighted by molar-refractivity contribution is -0.163. The number of epoxide rings is 1. The highest BCUT2D eigenvalue weighted by Crippen LogP contribution is 2.48. The zero-order chi connectivity index (χ0) is 18.1. The van der Waals surface area contributed by atoms with Crippen molar-refractivity contribution in [2.24, 2.45) is 11.8 Å². The Hall–Kier alpha value is -1.36. The number of fused-ring (bicyclic) bond motifs is 1. The van der Waals surface area contributed by atoms with Crippen molar-refractivity contribution in [3.05, 3.63) is 11.6 Å². The molecule has 2 rings (SSSR count). The molecule has 5 heteroatoms. The molecular formula is C19H30O5. The van der Waals surface area contributed by atoms with E-state index in [-0.39, 0.29) is 41.6 Å². The molecule has 24 heavy (non-hydrogen) atoms. The Morgan fingerprint density at radius 3 is 2.42 bits per heavy atom. The van der Waals surface area contributed by atoms with E-state index in [1.807, 2.05) is 0 Å². The number of carbonyl (C=O) groups is 2. The van der Waals surface area contributed by atoms with Crippen LogP contribution in [-0.4, -0.2) is 35.9 Å². The average Bonchev–Trinajstić information content (AvgIpc) is 3.07. The lowest BCUT2D eigenvalue weighted by atomic mass is 9.78. The lowest BCUT2D eigenvalue weighted by Crippen LogP contribution is -2.45. The predicted octanol–water partition coefficient (Wildman–Crippen LogP) is 3.41. The Morgan fingerprint density at radius 2 is 1.88 bits per heavy atom. The van der Waals surface area contributed by atoms with E-state index >= 15 is 0 Å². The fourth-order valence-electron chi connectivity index (χ4n) is 3.90. The van der Waals surface area contributed by atoms with Crippen LogP contribution in [0.4, 0.5) is 0 Å². The van der Waals surface area contributed by atoms with Crippen LogP contribution in [-0.2, 0) is 23.8 Å². The van der Waals surface area contributed by atoms with Gasteiger partial charge >= 0.3 is 11.9 Å². The molecule has 2 aliphatic rings. The highest BCUT2D eigenvalue weighted by Gasteiger charge is 2.60. The molecule has 0 spiro atoms. The molecule has 0 aromatic carbocycles. The molecule has 1 heterocycles.